The summed E-state index contributed by atoms with van der Waals surface area (Å²) in [6, 6.07) is 15.1. The molecular formula is C28H23Cl2N3O4. The van der Waals surface area contributed by atoms with Gasteiger partial charge in [-0.05, 0) is 53.1 Å². The van der Waals surface area contributed by atoms with Crippen LogP contribution >= 0.6 is 23.2 Å². The zero-order valence-electron chi connectivity index (χ0n) is 19.9. The lowest BCUT2D eigenvalue weighted by molar-refractivity contribution is -0.139. The number of carbonyl (C=O) groups excluding carboxylic acids is 2. The average Bonchev–Trinajstić information content (AvgIpc) is 3.51. The van der Waals surface area contributed by atoms with Crippen LogP contribution in [-0.4, -0.2) is 44.9 Å². The number of aliphatic hydroxyl groups excluding tert-OH is 1. The van der Waals surface area contributed by atoms with Crippen molar-refractivity contribution in [1.82, 2.24) is 14.5 Å². The van der Waals surface area contributed by atoms with Crippen molar-refractivity contribution >= 4 is 51.4 Å². The smallest absolute Gasteiger partial charge is 0.295 e. The van der Waals surface area contributed by atoms with E-state index in [0.29, 0.717) is 46.4 Å². The minimum absolute atomic E-state index is 0.0129. The van der Waals surface area contributed by atoms with E-state index in [4.69, 9.17) is 27.9 Å². The van der Waals surface area contributed by atoms with Gasteiger partial charge >= 0.3 is 0 Å². The molecule has 1 unspecified atom stereocenters. The number of carbonyl (C=O) groups is 2. The molecule has 2 heterocycles. The van der Waals surface area contributed by atoms with E-state index in [1.165, 1.54) is 4.90 Å². The molecule has 0 saturated carbocycles. The lowest BCUT2D eigenvalue weighted by atomic mass is 9.94. The van der Waals surface area contributed by atoms with Crippen molar-refractivity contribution in [1.29, 1.82) is 0 Å². The number of benzene rings is 3. The summed E-state index contributed by atoms with van der Waals surface area (Å²) in [6.45, 7) is 0.910. The summed E-state index contributed by atoms with van der Waals surface area (Å²) >= 11 is 12.4. The van der Waals surface area contributed by atoms with Crippen molar-refractivity contribution in [3.05, 3.63) is 100 Å². The van der Waals surface area contributed by atoms with E-state index in [2.05, 4.69) is 4.98 Å². The lowest BCUT2D eigenvalue weighted by Gasteiger charge is -2.25. The molecule has 9 heteroatoms. The van der Waals surface area contributed by atoms with Gasteiger partial charge in [-0.25, -0.2) is 4.98 Å². The topological polar surface area (TPSA) is 84.7 Å². The molecule has 1 aromatic heterocycles. The first-order valence-corrected chi connectivity index (χ1v) is 12.4. The molecule has 0 radical (unpaired) electrons. The predicted octanol–water partition coefficient (Wildman–Crippen LogP) is 5.86. The molecule has 4 aromatic rings. The number of aromatic nitrogens is 2. The van der Waals surface area contributed by atoms with Gasteiger partial charge < -0.3 is 19.3 Å². The number of likely N-dealkylation sites (tertiary alicyclic amines) is 1. The molecule has 5 rings (SSSR count). The number of methoxy groups -OCH3 is 1. The molecular weight excluding hydrogens is 513 g/mol. The van der Waals surface area contributed by atoms with E-state index in [9.17, 15) is 14.7 Å². The van der Waals surface area contributed by atoms with Gasteiger partial charge in [0.05, 0.1) is 35.1 Å². The molecule has 1 saturated heterocycles. The van der Waals surface area contributed by atoms with Crippen molar-refractivity contribution in [3.63, 3.8) is 0 Å². The molecule has 0 aliphatic carbocycles. The Kier molecular flexibility index (Phi) is 6.91. The Morgan fingerprint density at radius 3 is 2.51 bits per heavy atom. The van der Waals surface area contributed by atoms with Crippen LogP contribution < -0.4 is 4.74 Å². The first kappa shape index (κ1) is 24.9. The summed E-state index contributed by atoms with van der Waals surface area (Å²) in [6.07, 6.45) is 5.79. The number of hydrogen-bond acceptors (Lipinski definition) is 5. The Morgan fingerprint density at radius 2 is 1.78 bits per heavy atom. The maximum atomic E-state index is 13.3. The molecule has 188 valence electrons. The van der Waals surface area contributed by atoms with Gasteiger partial charge in [-0.1, -0.05) is 47.5 Å². The van der Waals surface area contributed by atoms with Crippen molar-refractivity contribution in [2.24, 2.45) is 0 Å². The second kappa shape index (κ2) is 10.3. The predicted molar refractivity (Wildman–Crippen MR) is 143 cm³/mol. The van der Waals surface area contributed by atoms with Crippen LogP contribution in [0.4, 0.5) is 0 Å². The third kappa shape index (κ3) is 4.80. The number of aliphatic hydroxyl groups is 1. The maximum absolute atomic E-state index is 13.3. The highest BCUT2D eigenvalue weighted by Gasteiger charge is 2.46. The first-order chi connectivity index (χ1) is 17.9. The summed E-state index contributed by atoms with van der Waals surface area (Å²) in [5.74, 6) is -0.950. The molecule has 1 N–H and O–H groups in total. The van der Waals surface area contributed by atoms with Gasteiger partial charge in [0.1, 0.15) is 11.5 Å². The van der Waals surface area contributed by atoms with Crippen molar-refractivity contribution in [2.45, 2.75) is 19.0 Å². The van der Waals surface area contributed by atoms with Crippen molar-refractivity contribution in [3.8, 4) is 5.75 Å². The van der Waals surface area contributed by atoms with E-state index in [1.54, 1.807) is 50.0 Å². The highest BCUT2D eigenvalue weighted by atomic mass is 35.5. The molecule has 1 aliphatic heterocycles. The number of ether oxygens (including phenoxy) is 1. The summed E-state index contributed by atoms with van der Waals surface area (Å²) in [5, 5.41) is 13.8. The Labute approximate surface area is 223 Å². The monoisotopic (exact) mass is 535 g/mol. The molecule has 37 heavy (non-hydrogen) atoms. The number of imidazole rings is 1. The third-order valence-corrected chi connectivity index (χ3v) is 7.23. The van der Waals surface area contributed by atoms with E-state index >= 15 is 0 Å². The Hall–Kier alpha value is -3.81. The Bertz CT molecular complexity index is 1530. The number of rotatable bonds is 7. The number of nitrogens with zero attached hydrogens (tertiary/aromatic N) is 3. The van der Waals surface area contributed by atoms with Crippen LogP contribution in [0.5, 0.6) is 5.75 Å². The second-order valence-corrected chi connectivity index (χ2v) is 9.56. The van der Waals surface area contributed by atoms with Gasteiger partial charge in [0.2, 0.25) is 0 Å². The number of Topliss-reactive ketones (excluding diaryl/α,β-unsaturated/α-hetero) is 1. The number of halogens is 2. The summed E-state index contributed by atoms with van der Waals surface area (Å²) in [5.41, 5.74) is 1.03. The van der Waals surface area contributed by atoms with Gasteiger partial charge in [-0.2, -0.15) is 0 Å². The van der Waals surface area contributed by atoms with E-state index in [1.807, 2.05) is 35.0 Å². The molecule has 7 nitrogen and oxygen atoms in total. The summed E-state index contributed by atoms with van der Waals surface area (Å²) in [7, 11) is 1.60. The number of amides is 1. The zero-order valence-corrected chi connectivity index (χ0v) is 21.4. The van der Waals surface area contributed by atoms with Gasteiger partial charge in [0.25, 0.3) is 11.7 Å². The number of fused-ring (bicyclic) bond motifs is 1. The minimum atomic E-state index is -0.816. The normalized spacial score (nSPS) is 17.1. The van der Waals surface area contributed by atoms with Crippen LogP contribution in [0, 0.1) is 0 Å². The number of aryl methyl sites for hydroxylation is 1. The minimum Gasteiger partial charge on any atom is -0.507 e. The molecule has 0 bridgehead atoms. The standard InChI is InChI=1S/C28H23Cl2N3O4/c1-37-21-7-5-17-13-20(4-3-18(17)14-21)26(34)24-25(19-6-8-22(29)23(30)15-19)33(28(36)27(24)35)11-2-10-32-12-9-31-16-32/h3-9,12-16,25,34H,2,10-11H2,1H3/b26-24+. The van der Waals surface area contributed by atoms with Crippen LogP contribution in [-0.2, 0) is 16.1 Å². The quantitative estimate of drug-likeness (QED) is 0.182. The number of ketones is 1. The molecule has 3 aromatic carbocycles. The maximum Gasteiger partial charge on any atom is 0.295 e. The zero-order chi connectivity index (χ0) is 26.1. The lowest BCUT2D eigenvalue weighted by Crippen LogP contribution is -2.31. The highest BCUT2D eigenvalue weighted by molar-refractivity contribution is 6.47. The molecule has 1 amide bonds. The highest BCUT2D eigenvalue weighted by Crippen LogP contribution is 2.41. The van der Waals surface area contributed by atoms with Crippen LogP contribution in [0.25, 0.3) is 16.5 Å². The van der Waals surface area contributed by atoms with Crippen molar-refractivity contribution < 1.29 is 19.4 Å². The SMILES string of the molecule is COc1ccc2cc(/C(O)=C3\C(=O)C(=O)N(CCCn4ccnc4)C3c3ccc(Cl)c(Cl)c3)ccc2c1. The van der Waals surface area contributed by atoms with E-state index in [-0.39, 0.29) is 11.3 Å². The van der Waals surface area contributed by atoms with Crippen molar-refractivity contribution in [2.75, 3.05) is 13.7 Å². The fraction of sp³-hybridized carbons (Fsp3) is 0.179. The third-order valence-electron chi connectivity index (χ3n) is 6.49. The Morgan fingerprint density at radius 1 is 1.00 bits per heavy atom. The van der Waals surface area contributed by atoms with E-state index in [0.717, 1.165) is 10.8 Å². The van der Waals surface area contributed by atoms with E-state index < -0.39 is 17.7 Å². The second-order valence-electron chi connectivity index (χ2n) is 8.75. The molecule has 1 aliphatic rings. The van der Waals surface area contributed by atoms with Gasteiger partial charge in [0, 0.05) is 31.0 Å². The fourth-order valence-corrected chi connectivity index (χ4v) is 4.94. The van der Waals surface area contributed by atoms with Crippen LogP contribution in [0.1, 0.15) is 23.6 Å². The van der Waals surface area contributed by atoms with Crippen LogP contribution in [0.15, 0.2) is 78.9 Å². The largest absolute Gasteiger partial charge is 0.507 e. The van der Waals surface area contributed by atoms with Gasteiger partial charge in [-0.3, -0.25) is 9.59 Å². The molecule has 1 atom stereocenters. The first-order valence-electron chi connectivity index (χ1n) is 11.6. The molecule has 1 fully saturated rings. The fourth-order valence-electron chi connectivity index (χ4n) is 4.64. The summed E-state index contributed by atoms with van der Waals surface area (Å²) < 4.78 is 7.18. The van der Waals surface area contributed by atoms with Gasteiger partial charge in [-0.15, -0.1) is 0 Å². The average molecular weight is 536 g/mol. The Balaban J connectivity index is 1.57. The van der Waals surface area contributed by atoms with Crippen LogP contribution in [0.3, 0.4) is 0 Å². The summed E-state index contributed by atoms with van der Waals surface area (Å²) in [4.78, 5) is 32.0. The van der Waals surface area contributed by atoms with Gasteiger partial charge in [0.15, 0.2) is 0 Å². The van der Waals surface area contributed by atoms with Crippen LogP contribution in [0.2, 0.25) is 10.0 Å². The molecule has 0 spiro atoms. The number of hydrogen-bond donors (Lipinski definition) is 1.